The maximum Gasteiger partial charge on any atom is 0.0877 e. The Morgan fingerprint density at radius 1 is 1.39 bits per heavy atom. The van der Waals surface area contributed by atoms with Crippen LogP contribution < -0.4 is 0 Å². The molecule has 0 spiro atoms. The number of aliphatic hydroxyl groups is 2. The van der Waals surface area contributed by atoms with Crippen molar-refractivity contribution in [3.8, 4) is 0 Å². The van der Waals surface area contributed by atoms with Crippen molar-refractivity contribution in [1.29, 1.82) is 0 Å². The van der Waals surface area contributed by atoms with Gasteiger partial charge in [-0.3, -0.25) is 0 Å². The summed E-state index contributed by atoms with van der Waals surface area (Å²) < 4.78 is 5.98. The first-order chi connectivity index (χ1) is 8.59. The first-order valence-electron chi connectivity index (χ1n) is 7.21. The van der Waals surface area contributed by atoms with Crippen molar-refractivity contribution in [2.24, 2.45) is 17.3 Å². The van der Waals surface area contributed by atoms with Crippen molar-refractivity contribution in [3.05, 3.63) is 11.1 Å². The van der Waals surface area contributed by atoms with Gasteiger partial charge in [-0.2, -0.15) is 0 Å². The number of hydrogen-bond donors (Lipinski definition) is 2. The Balaban J connectivity index is 2.02. The van der Waals surface area contributed by atoms with Crippen LogP contribution in [0.15, 0.2) is 11.1 Å². The lowest BCUT2D eigenvalue weighted by atomic mass is 9.53. The van der Waals surface area contributed by atoms with E-state index in [1.165, 1.54) is 19.3 Å². The summed E-state index contributed by atoms with van der Waals surface area (Å²) in [4.78, 5) is 0. The zero-order chi connectivity index (χ0) is 12.9. The van der Waals surface area contributed by atoms with E-state index < -0.39 is 6.10 Å². The normalized spacial score (nSPS) is 48.0. The molecule has 0 radical (unpaired) electrons. The van der Waals surface area contributed by atoms with Gasteiger partial charge in [-0.1, -0.05) is 26.7 Å². The van der Waals surface area contributed by atoms with Crippen molar-refractivity contribution in [2.75, 3.05) is 13.2 Å². The summed E-state index contributed by atoms with van der Waals surface area (Å²) in [6.45, 7) is 5.18. The molecule has 0 aromatic heterocycles. The maximum atomic E-state index is 10.4. The molecule has 0 bridgehead atoms. The van der Waals surface area contributed by atoms with Gasteiger partial charge in [0.1, 0.15) is 0 Å². The standard InChI is InChI=1S/C15H24O3/c1-9-4-3-5-11-6-12(17)13-10(7-16)8-18-14(13)15(9,11)2/h9,11-12,14,16-17H,3-8H2,1-2H3/t9-,11+,12-,14+,15+/m0/s1. The average Bonchev–Trinajstić information content (AvgIpc) is 2.78. The van der Waals surface area contributed by atoms with Crippen molar-refractivity contribution in [3.63, 3.8) is 0 Å². The molecule has 2 N–H and O–H groups in total. The van der Waals surface area contributed by atoms with Crippen molar-refractivity contribution >= 4 is 0 Å². The number of fused-ring (bicyclic) bond motifs is 3. The second-order valence-corrected chi connectivity index (χ2v) is 6.55. The van der Waals surface area contributed by atoms with Crippen LogP contribution in [-0.2, 0) is 4.74 Å². The fourth-order valence-corrected chi connectivity index (χ4v) is 4.54. The first kappa shape index (κ1) is 12.6. The number of rotatable bonds is 1. The quantitative estimate of drug-likeness (QED) is 0.701. The number of hydrogen-bond acceptors (Lipinski definition) is 3. The van der Waals surface area contributed by atoms with Gasteiger partial charge in [0.25, 0.3) is 0 Å². The second kappa shape index (κ2) is 4.32. The van der Waals surface area contributed by atoms with Crippen LogP contribution in [-0.4, -0.2) is 35.6 Å². The fourth-order valence-electron chi connectivity index (χ4n) is 4.54. The largest absolute Gasteiger partial charge is 0.392 e. The molecule has 1 heterocycles. The molecule has 0 aromatic carbocycles. The van der Waals surface area contributed by atoms with Gasteiger partial charge in [0, 0.05) is 5.41 Å². The summed E-state index contributed by atoms with van der Waals surface area (Å²) in [5.41, 5.74) is 2.07. The van der Waals surface area contributed by atoms with Gasteiger partial charge in [0.15, 0.2) is 0 Å². The second-order valence-electron chi connectivity index (χ2n) is 6.55. The number of aliphatic hydroxyl groups excluding tert-OH is 2. The van der Waals surface area contributed by atoms with Gasteiger partial charge in [-0.15, -0.1) is 0 Å². The van der Waals surface area contributed by atoms with Gasteiger partial charge in [-0.05, 0) is 35.8 Å². The molecule has 2 aliphatic carbocycles. The minimum absolute atomic E-state index is 0.0258. The third-order valence-corrected chi connectivity index (χ3v) is 5.87. The predicted octanol–water partition coefficient (Wildman–Crippen LogP) is 1.88. The topological polar surface area (TPSA) is 49.7 Å². The smallest absolute Gasteiger partial charge is 0.0877 e. The van der Waals surface area contributed by atoms with Crippen LogP contribution in [0.4, 0.5) is 0 Å². The van der Waals surface area contributed by atoms with E-state index in [1.807, 2.05) is 0 Å². The Labute approximate surface area is 109 Å². The van der Waals surface area contributed by atoms with Crippen LogP contribution in [0.3, 0.4) is 0 Å². The molecule has 1 aliphatic heterocycles. The molecular formula is C15H24O3. The summed E-state index contributed by atoms with van der Waals surface area (Å²) in [5.74, 6) is 1.19. The molecule has 2 saturated carbocycles. The van der Waals surface area contributed by atoms with E-state index >= 15 is 0 Å². The zero-order valence-corrected chi connectivity index (χ0v) is 11.4. The summed E-state index contributed by atoms with van der Waals surface area (Å²) in [5, 5.41) is 19.8. The predicted molar refractivity (Wildman–Crippen MR) is 69.1 cm³/mol. The highest BCUT2D eigenvalue weighted by atomic mass is 16.5. The van der Waals surface area contributed by atoms with Crippen LogP contribution >= 0.6 is 0 Å². The van der Waals surface area contributed by atoms with Crippen LogP contribution in [0.5, 0.6) is 0 Å². The molecule has 0 amide bonds. The molecule has 3 aliphatic rings. The van der Waals surface area contributed by atoms with Crippen LogP contribution in [0.25, 0.3) is 0 Å². The third-order valence-electron chi connectivity index (χ3n) is 5.87. The average molecular weight is 252 g/mol. The van der Waals surface area contributed by atoms with E-state index in [0.29, 0.717) is 18.4 Å². The van der Waals surface area contributed by atoms with Crippen molar-refractivity contribution < 1.29 is 14.9 Å². The Bertz CT molecular complexity index is 376. The van der Waals surface area contributed by atoms with Crippen LogP contribution in [0.2, 0.25) is 0 Å². The lowest BCUT2D eigenvalue weighted by Crippen LogP contribution is -2.53. The zero-order valence-electron chi connectivity index (χ0n) is 11.4. The van der Waals surface area contributed by atoms with E-state index in [0.717, 1.165) is 17.6 Å². The molecule has 3 heteroatoms. The van der Waals surface area contributed by atoms with Gasteiger partial charge in [-0.25, -0.2) is 0 Å². The molecule has 102 valence electrons. The summed E-state index contributed by atoms with van der Waals surface area (Å²) in [6, 6.07) is 0. The first-order valence-corrected chi connectivity index (χ1v) is 7.21. The highest BCUT2D eigenvalue weighted by molar-refractivity contribution is 5.33. The monoisotopic (exact) mass is 252 g/mol. The molecule has 2 fully saturated rings. The molecule has 0 saturated heterocycles. The van der Waals surface area contributed by atoms with Gasteiger partial charge in [0.2, 0.25) is 0 Å². The summed E-state index contributed by atoms with van der Waals surface area (Å²) in [6.07, 6.45) is 4.21. The van der Waals surface area contributed by atoms with Crippen molar-refractivity contribution in [1.82, 2.24) is 0 Å². The highest BCUT2D eigenvalue weighted by Gasteiger charge is 2.55. The van der Waals surface area contributed by atoms with Crippen LogP contribution in [0, 0.1) is 17.3 Å². The van der Waals surface area contributed by atoms with Gasteiger partial charge < -0.3 is 14.9 Å². The lowest BCUT2D eigenvalue weighted by Gasteiger charge is -2.54. The summed E-state index contributed by atoms with van der Waals surface area (Å²) in [7, 11) is 0. The fraction of sp³-hybridized carbons (Fsp3) is 0.867. The van der Waals surface area contributed by atoms with E-state index in [1.54, 1.807) is 0 Å². The molecule has 3 rings (SSSR count). The van der Waals surface area contributed by atoms with Gasteiger partial charge in [0.05, 0.1) is 25.4 Å². The SMILES string of the molecule is C[C@H]1CCC[C@@H]2C[C@H](O)C3=C(CO)CO[C@H]3[C@@]21C. The Hall–Kier alpha value is -0.380. The van der Waals surface area contributed by atoms with Crippen LogP contribution in [0.1, 0.15) is 39.5 Å². The maximum absolute atomic E-state index is 10.4. The van der Waals surface area contributed by atoms with E-state index in [-0.39, 0.29) is 18.1 Å². The Morgan fingerprint density at radius 3 is 2.89 bits per heavy atom. The third kappa shape index (κ3) is 1.54. The number of ether oxygens (including phenoxy) is 1. The molecule has 0 unspecified atom stereocenters. The molecule has 3 nitrogen and oxygen atoms in total. The Kier molecular flexibility index (Phi) is 3.04. The lowest BCUT2D eigenvalue weighted by molar-refractivity contribution is -0.108. The molecule has 0 aromatic rings. The minimum Gasteiger partial charge on any atom is -0.392 e. The minimum atomic E-state index is -0.400. The molecule has 18 heavy (non-hydrogen) atoms. The van der Waals surface area contributed by atoms with Crippen molar-refractivity contribution in [2.45, 2.75) is 51.7 Å². The van der Waals surface area contributed by atoms with E-state index in [9.17, 15) is 10.2 Å². The van der Waals surface area contributed by atoms with Gasteiger partial charge >= 0.3 is 0 Å². The Morgan fingerprint density at radius 2 is 2.17 bits per heavy atom. The highest BCUT2D eigenvalue weighted by Crippen LogP contribution is 2.57. The molecule has 5 atom stereocenters. The van der Waals surface area contributed by atoms with E-state index in [4.69, 9.17) is 4.74 Å². The van der Waals surface area contributed by atoms with E-state index in [2.05, 4.69) is 13.8 Å². The summed E-state index contributed by atoms with van der Waals surface area (Å²) >= 11 is 0. The molecular weight excluding hydrogens is 228 g/mol.